The second-order valence-corrected chi connectivity index (χ2v) is 4.50. The Kier molecular flexibility index (Phi) is 3.29. The number of aromatic nitrogens is 2. The molecule has 17 heavy (non-hydrogen) atoms. The van der Waals surface area contributed by atoms with Gasteiger partial charge >= 0.3 is 0 Å². The Morgan fingerprint density at radius 1 is 1.12 bits per heavy atom. The number of nitrogens with two attached hydrogens (primary N) is 1. The molecule has 1 heterocycles. The number of nitrogens with zero attached hydrogens (tertiary/aromatic N) is 2. The second-order valence-electron chi connectivity index (χ2n) is 4.50. The van der Waals surface area contributed by atoms with Crippen molar-refractivity contribution in [1.29, 1.82) is 0 Å². The van der Waals surface area contributed by atoms with Crippen LogP contribution in [0.1, 0.15) is 28.1 Å². The van der Waals surface area contributed by atoms with Crippen molar-refractivity contribution in [2.45, 2.75) is 33.9 Å². The Balaban J connectivity index is 2.27. The highest BCUT2D eigenvalue weighted by Crippen LogP contribution is 2.14. The van der Waals surface area contributed by atoms with Crippen LogP contribution in [0.25, 0.3) is 0 Å². The summed E-state index contributed by atoms with van der Waals surface area (Å²) in [5, 5.41) is 4.54. The number of aryl methyl sites for hydroxylation is 2. The molecule has 90 valence electrons. The van der Waals surface area contributed by atoms with Crippen molar-refractivity contribution in [1.82, 2.24) is 9.78 Å². The van der Waals surface area contributed by atoms with Gasteiger partial charge in [-0.2, -0.15) is 5.10 Å². The summed E-state index contributed by atoms with van der Waals surface area (Å²) >= 11 is 0. The van der Waals surface area contributed by atoms with E-state index in [9.17, 15) is 0 Å². The summed E-state index contributed by atoms with van der Waals surface area (Å²) in [5.41, 5.74) is 11.7. The van der Waals surface area contributed by atoms with Crippen LogP contribution in [0.15, 0.2) is 24.3 Å². The smallest absolute Gasteiger partial charge is 0.0662 e. The van der Waals surface area contributed by atoms with Crippen LogP contribution in [0.3, 0.4) is 0 Å². The van der Waals surface area contributed by atoms with E-state index in [0.29, 0.717) is 6.54 Å². The lowest BCUT2D eigenvalue weighted by atomic mass is 10.1. The molecular weight excluding hydrogens is 210 g/mol. The van der Waals surface area contributed by atoms with Crippen molar-refractivity contribution < 1.29 is 0 Å². The van der Waals surface area contributed by atoms with Crippen molar-refractivity contribution >= 4 is 0 Å². The van der Waals surface area contributed by atoms with Crippen LogP contribution in [0, 0.1) is 20.8 Å². The van der Waals surface area contributed by atoms with Gasteiger partial charge in [0.05, 0.1) is 12.2 Å². The van der Waals surface area contributed by atoms with Crippen LogP contribution in [0.4, 0.5) is 0 Å². The molecule has 0 spiro atoms. The fourth-order valence-electron chi connectivity index (χ4n) is 2.05. The molecule has 0 saturated heterocycles. The molecule has 2 aromatic rings. The molecule has 0 saturated carbocycles. The van der Waals surface area contributed by atoms with Crippen molar-refractivity contribution in [3.8, 4) is 0 Å². The maximum Gasteiger partial charge on any atom is 0.0662 e. The summed E-state index contributed by atoms with van der Waals surface area (Å²) in [6.45, 7) is 7.56. The van der Waals surface area contributed by atoms with Gasteiger partial charge in [0.1, 0.15) is 0 Å². The Morgan fingerprint density at radius 3 is 2.29 bits per heavy atom. The molecule has 2 N–H and O–H groups in total. The summed E-state index contributed by atoms with van der Waals surface area (Å²) in [7, 11) is 0. The SMILES string of the molecule is Cc1ccc(Cn2nc(C)c(CN)c2C)cc1. The van der Waals surface area contributed by atoms with Gasteiger partial charge in [-0.15, -0.1) is 0 Å². The zero-order valence-corrected chi connectivity index (χ0v) is 10.7. The molecule has 2 rings (SSSR count). The first-order valence-corrected chi connectivity index (χ1v) is 5.90. The molecule has 0 unspecified atom stereocenters. The number of benzene rings is 1. The molecule has 0 bridgehead atoms. The highest BCUT2D eigenvalue weighted by Gasteiger charge is 2.09. The quantitative estimate of drug-likeness (QED) is 0.877. The molecule has 1 aromatic carbocycles. The van der Waals surface area contributed by atoms with E-state index in [-0.39, 0.29) is 0 Å². The molecule has 1 aromatic heterocycles. The molecule has 0 fully saturated rings. The third-order valence-corrected chi connectivity index (χ3v) is 3.19. The minimum atomic E-state index is 0.561. The van der Waals surface area contributed by atoms with Gasteiger partial charge in [0.2, 0.25) is 0 Å². The van der Waals surface area contributed by atoms with Gasteiger partial charge < -0.3 is 5.73 Å². The minimum absolute atomic E-state index is 0.561. The lowest BCUT2D eigenvalue weighted by Gasteiger charge is -2.05. The predicted molar refractivity (Wildman–Crippen MR) is 69.9 cm³/mol. The maximum atomic E-state index is 5.72. The van der Waals surface area contributed by atoms with E-state index < -0.39 is 0 Å². The third-order valence-electron chi connectivity index (χ3n) is 3.19. The van der Waals surface area contributed by atoms with E-state index in [4.69, 9.17) is 5.73 Å². The zero-order chi connectivity index (χ0) is 12.4. The van der Waals surface area contributed by atoms with E-state index in [0.717, 1.165) is 17.8 Å². The topological polar surface area (TPSA) is 43.8 Å². The van der Waals surface area contributed by atoms with Gasteiger partial charge in [-0.25, -0.2) is 0 Å². The Morgan fingerprint density at radius 2 is 1.76 bits per heavy atom. The Bertz CT molecular complexity index is 509. The summed E-state index contributed by atoms with van der Waals surface area (Å²) in [4.78, 5) is 0. The highest BCUT2D eigenvalue weighted by atomic mass is 15.3. The fraction of sp³-hybridized carbons (Fsp3) is 0.357. The average molecular weight is 229 g/mol. The molecule has 3 nitrogen and oxygen atoms in total. The van der Waals surface area contributed by atoms with Crippen molar-refractivity contribution in [3.05, 3.63) is 52.3 Å². The molecule has 0 aliphatic carbocycles. The molecule has 0 aliphatic rings. The zero-order valence-electron chi connectivity index (χ0n) is 10.7. The lowest BCUT2D eigenvalue weighted by Crippen LogP contribution is -2.05. The molecule has 0 radical (unpaired) electrons. The van der Waals surface area contributed by atoms with Gasteiger partial charge in [-0.05, 0) is 26.3 Å². The van der Waals surface area contributed by atoms with Crippen LogP contribution in [-0.2, 0) is 13.1 Å². The maximum absolute atomic E-state index is 5.72. The second kappa shape index (κ2) is 4.72. The monoisotopic (exact) mass is 229 g/mol. The van der Waals surface area contributed by atoms with Crippen LogP contribution in [0.2, 0.25) is 0 Å². The van der Waals surface area contributed by atoms with Crippen molar-refractivity contribution in [2.75, 3.05) is 0 Å². The van der Waals surface area contributed by atoms with E-state index in [2.05, 4.69) is 43.2 Å². The largest absolute Gasteiger partial charge is 0.326 e. The van der Waals surface area contributed by atoms with Crippen molar-refractivity contribution in [2.24, 2.45) is 5.73 Å². The summed E-state index contributed by atoms with van der Waals surface area (Å²) in [5.74, 6) is 0. The minimum Gasteiger partial charge on any atom is -0.326 e. The summed E-state index contributed by atoms with van der Waals surface area (Å²) in [6, 6.07) is 8.55. The van der Waals surface area contributed by atoms with E-state index in [1.807, 2.05) is 11.6 Å². The van der Waals surface area contributed by atoms with Crippen LogP contribution >= 0.6 is 0 Å². The van der Waals surface area contributed by atoms with E-state index in [1.165, 1.54) is 16.8 Å². The Labute approximate surface area is 102 Å². The molecular formula is C14H19N3. The number of rotatable bonds is 3. The van der Waals surface area contributed by atoms with Crippen LogP contribution in [-0.4, -0.2) is 9.78 Å². The van der Waals surface area contributed by atoms with E-state index in [1.54, 1.807) is 0 Å². The van der Waals surface area contributed by atoms with Crippen molar-refractivity contribution in [3.63, 3.8) is 0 Å². The van der Waals surface area contributed by atoms with Crippen LogP contribution < -0.4 is 5.73 Å². The predicted octanol–water partition coefficient (Wildman–Crippen LogP) is 2.32. The van der Waals surface area contributed by atoms with Gasteiger partial charge in [0.15, 0.2) is 0 Å². The first-order chi connectivity index (χ1) is 8.11. The molecule has 3 heteroatoms. The fourth-order valence-corrected chi connectivity index (χ4v) is 2.05. The Hall–Kier alpha value is -1.61. The first-order valence-electron chi connectivity index (χ1n) is 5.90. The molecule has 0 atom stereocenters. The lowest BCUT2D eigenvalue weighted by molar-refractivity contribution is 0.658. The van der Waals surface area contributed by atoms with Crippen LogP contribution in [0.5, 0.6) is 0 Å². The first kappa shape index (κ1) is 11.9. The van der Waals surface area contributed by atoms with Gasteiger partial charge in [-0.3, -0.25) is 4.68 Å². The summed E-state index contributed by atoms with van der Waals surface area (Å²) < 4.78 is 2.03. The van der Waals surface area contributed by atoms with Gasteiger partial charge in [-0.1, -0.05) is 29.8 Å². The molecule has 0 aliphatic heterocycles. The van der Waals surface area contributed by atoms with E-state index >= 15 is 0 Å². The molecule has 0 amide bonds. The standard InChI is InChI=1S/C14H19N3/c1-10-4-6-13(7-5-10)9-17-12(3)14(8-15)11(2)16-17/h4-7H,8-9,15H2,1-3H3. The summed E-state index contributed by atoms with van der Waals surface area (Å²) in [6.07, 6.45) is 0. The normalized spacial score (nSPS) is 10.8. The number of hydrogen-bond donors (Lipinski definition) is 1. The van der Waals surface area contributed by atoms with Gasteiger partial charge in [0, 0.05) is 17.8 Å². The third kappa shape index (κ3) is 2.39. The number of hydrogen-bond acceptors (Lipinski definition) is 2. The highest BCUT2D eigenvalue weighted by molar-refractivity contribution is 5.26. The van der Waals surface area contributed by atoms with Gasteiger partial charge in [0.25, 0.3) is 0 Å². The average Bonchev–Trinajstić information content (AvgIpc) is 2.57.